The van der Waals surface area contributed by atoms with E-state index in [1.165, 1.54) is 0 Å². The van der Waals surface area contributed by atoms with Crippen molar-refractivity contribution in [3.63, 3.8) is 0 Å². The van der Waals surface area contributed by atoms with Gasteiger partial charge in [0, 0.05) is 30.6 Å². The molecule has 0 aliphatic heterocycles. The lowest BCUT2D eigenvalue weighted by Crippen LogP contribution is -2.05. The van der Waals surface area contributed by atoms with Crippen molar-refractivity contribution in [1.29, 1.82) is 0 Å². The van der Waals surface area contributed by atoms with Crippen LogP contribution in [-0.4, -0.2) is 39.5 Å². The van der Waals surface area contributed by atoms with Gasteiger partial charge in [0.1, 0.15) is 11.9 Å². The highest BCUT2D eigenvalue weighted by Gasteiger charge is 2.16. The Morgan fingerprint density at radius 2 is 2.14 bits per heavy atom. The first-order valence-electron chi connectivity index (χ1n) is 8.64. The van der Waals surface area contributed by atoms with Crippen LogP contribution in [0.1, 0.15) is 30.8 Å². The Hall–Kier alpha value is -2.68. The van der Waals surface area contributed by atoms with E-state index in [9.17, 15) is 4.79 Å². The minimum atomic E-state index is -0.888. The molecular weight excluding hydrogens is 386 g/mol. The number of aliphatic carboxylic acids is 1. The van der Waals surface area contributed by atoms with Crippen molar-refractivity contribution < 1.29 is 24.3 Å². The summed E-state index contributed by atoms with van der Waals surface area (Å²) < 4.78 is 11.1. The molecule has 0 amide bonds. The average molecular weight is 408 g/mol. The van der Waals surface area contributed by atoms with E-state index >= 15 is 0 Å². The van der Waals surface area contributed by atoms with Gasteiger partial charge in [-0.3, -0.25) is 9.78 Å². The molecule has 0 saturated heterocycles. The fourth-order valence-corrected chi connectivity index (χ4v) is 2.56. The lowest BCUT2D eigenvalue weighted by molar-refractivity contribution is -0.136. The summed E-state index contributed by atoms with van der Waals surface area (Å²) in [6, 6.07) is 8.94. The number of carbonyl (C=O) groups is 1. The lowest BCUT2D eigenvalue weighted by Gasteiger charge is -2.15. The molecule has 0 saturated carbocycles. The number of nitrogens with zero attached hydrogens (tertiary/aromatic N) is 2. The van der Waals surface area contributed by atoms with E-state index in [0.29, 0.717) is 34.0 Å². The zero-order valence-corrected chi connectivity index (χ0v) is 16.1. The highest BCUT2D eigenvalue weighted by molar-refractivity contribution is 6.32. The van der Waals surface area contributed by atoms with E-state index in [1.807, 2.05) is 25.1 Å². The van der Waals surface area contributed by atoms with Crippen LogP contribution in [0, 0.1) is 0 Å². The molecule has 9 heteroatoms. The van der Waals surface area contributed by atoms with Crippen molar-refractivity contribution in [1.82, 2.24) is 10.1 Å². The highest BCUT2D eigenvalue weighted by atomic mass is 35.5. The summed E-state index contributed by atoms with van der Waals surface area (Å²) in [4.78, 5) is 14.9. The Kier molecular flexibility index (Phi) is 8.19. The first-order chi connectivity index (χ1) is 13.5. The Labute approximate surface area is 166 Å². The highest BCUT2D eigenvalue weighted by Crippen LogP contribution is 2.34. The van der Waals surface area contributed by atoms with Crippen LogP contribution in [-0.2, 0) is 11.2 Å². The number of hydrogen-bond acceptors (Lipinski definition) is 7. The van der Waals surface area contributed by atoms with Crippen molar-refractivity contribution in [2.75, 3.05) is 13.2 Å². The fraction of sp³-hybridized carbons (Fsp3) is 0.316. The molecule has 1 unspecified atom stereocenters. The number of aryl methyl sites for hydroxylation is 1. The quantitative estimate of drug-likeness (QED) is 0.544. The van der Waals surface area contributed by atoms with Crippen molar-refractivity contribution in [3.8, 4) is 5.75 Å². The second kappa shape index (κ2) is 10.6. The summed E-state index contributed by atoms with van der Waals surface area (Å²) >= 11 is 6.30. The summed E-state index contributed by atoms with van der Waals surface area (Å²) in [6.45, 7) is 2.35. The molecular formula is C19H22ClN3O5. The summed E-state index contributed by atoms with van der Waals surface area (Å²) in [5, 5.41) is 21.6. The molecule has 1 aromatic carbocycles. The number of benzene rings is 1. The first kappa shape index (κ1) is 21.6. The molecule has 1 atom stereocenters. The van der Waals surface area contributed by atoms with Gasteiger partial charge in [-0.05, 0) is 25.1 Å². The van der Waals surface area contributed by atoms with Crippen LogP contribution in [0.2, 0.25) is 5.02 Å². The molecule has 2 heterocycles. The van der Waals surface area contributed by atoms with Crippen molar-refractivity contribution in [2.24, 2.45) is 5.73 Å². The molecule has 0 radical (unpaired) electrons. The number of carboxylic acid groups (broad SMARTS) is 1. The molecule has 3 aromatic rings. The van der Waals surface area contributed by atoms with Gasteiger partial charge in [-0.2, -0.15) is 0 Å². The number of halogens is 1. The number of aromatic nitrogens is 2. The SMILES string of the molecule is CC(Oc1cc2onc(CCC(=O)O)c2cc1Cl)c1ccccn1.NCCO. The number of nitrogens with two attached hydrogens (primary N) is 1. The van der Waals surface area contributed by atoms with Crippen LogP contribution in [0.5, 0.6) is 5.75 Å². The molecule has 150 valence electrons. The Morgan fingerprint density at radius 3 is 2.75 bits per heavy atom. The molecule has 2 aromatic heterocycles. The third-order valence-electron chi connectivity index (χ3n) is 3.71. The Balaban J connectivity index is 0.000000640. The van der Waals surface area contributed by atoms with Gasteiger partial charge in [0.05, 0.1) is 29.4 Å². The van der Waals surface area contributed by atoms with E-state index in [1.54, 1.807) is 18.3 Å². The first-order valence-corrected chi connectivity index (χ1v) is 9.02. The van der Waals surface area contributed by atoms with Crippen molar-refractivity contribution in [2.45, 2.75) is 25.9 Å². The van der Waals surface area contributed by atoms with Crippen LogP contribution < -0.4 is 10.5 Å². The van der Waals surface area contributed by atoms with Gasteiger partial charge in [-0.15, -0.1) is 0 Å². The summed E-state index contributed by atoms with van der Waals surface area (Å²) in [5.74, 6) is -0.426. The molecule has 4 N–H and O–H groups in total. The minimum Gasteiger partial charge on any atom is -0.483 e. The largest absolute Gasteiger partial charge is 0.483 e. The number of pyridine rings is 1. The van der Waals surface area contributed by atoms with Crippen LogP contribution in [0.3, 0.4) is 0 Å². The summed E-state index contributed by atoms with van der Waals surface area (Å²) in [5.41, 5.74) is 6.63. The maximum Gasteiger partial charge on any atom is 0.303 e. The van der Waals surface area contributed by atoms with Gasteiger partial charge in [-0.1, -0.05) is 22.8 Å². The van der Waals surface area contributed by atoms with Gasteiger partial charge in [0.2, 0.25) is 0 Å². The van der Waals surface area contributed by atoms with Crippen LogP contribution >= 0.6 is 11.6 Å². The summed E-state index contributed by atoms with van der Waals surface area (Å²) in [6.07, 6.45) is 1.68. The average Bonchev–Trinajstić information content (AvgIpc) is 3.09. The molecule has 0 aliphatic rings. The normalized spacial score (nSPS) is 11.6. The van der Waals surface area contributed by atoms with Crippen LogP contribution in [0.15, 0.2) is 41.1 Å². The summed E-state index contributed by atoms with van der Waals surface area (Å²) in [7, 11) is 0. The smallest absolute Gasteiger partial charge is 0.303 e. The number of ether oxygens (including phenoxy) is 1. The number of fused-ring (bicyclic) bond motifs is 1. The van der Waals surface area contributed by atoms with Gasteiger partial charge in [0.25, 0.3) is 0 Å². The van der Waals surface area contributed by atoms with Gasteiger partial charge < -0.3 is 25.2 Å². The van der Waals surface area contributed by atoms with E-state index in [2.05, 4.69) is 10.1 Å². The van der Waals surface area contributed by atoms with Gasteiger partial charge in [0.15, 0.2) is 5.58 Å². The lowest BCUT2D eigenvalue weighted by atomic mass is 10.1. The predicted octanol–water partition coefficient (Wildman–Crippen LogP) is 2.97. The van der Waals surface area contributed by atoms with E-state index in [4.69, 9.17) is 36.8 Å². The molecule has 28 heavy (non-hydrogen) atoms. The molecule has 0 bridgehead atoms. The predicted molar refractivity (Wildman–Crippen MR) is 104 cm³/mol. The van der Waals surface area contributed by atoms with Crippen LogP contribution in [0.4, 0.5) is 0 Å². The topological polar surface area (TPSA) is 132 Å². The number of aliphatic hydroxyl groups is 1. The van der Waals surface area contributed by atoms with Gasteiger partial charge in [-0.25, -0.2) is 0 Å². The van der Waals surface area contributed by atoms with Crippen molar-refractivity contribution in [3.05, 3.63) is 52.9 Å². The third kappa shape index (κ3) is 5.91. The molecule has 0 fully saturated rings. The second-order valence-electron chi connectivity index (χ2n) is 5.83. The van der Waals surface area contributed by atoms with Crippen LogP contribution in [0.25, 0.3) is 11.0 Å². The maximum absolute atomic E-state index is 10.7. The zero-order valence-electron chi connectivity index (χ0n) is 15.3. The Bertz CT molecular complexity index is 899. The maximum atomic E-state index is 10.7. The van der Waals surface area contributed by atoms with E-state index < -0.39 is 5.97 Å². The standard InChI is InChI=1S/C17H15ClN2O4.C2H7NO/c1-10(13-4-2-3-7-19-13)23-16-9-15-11(8-12(16)18)14(20-24-15)5-6-17(21)22;3-1-2-4/h2-4,7-10H,5-6H2,1H3,(H,21,22);4H,1-3H2. The molecule has 3 rings (SSSR count). The fourth-order valence-electron chi connectivity index (χ4n) is 2.35. The minimum absolute atomic E-state index is 0.0196. The number of hydrogen-bond donors (Lipinski definition) is 3. The number of rotatable bonds is 7. The molecule has 0 spiro atoms. The monoisotopic (exact) mass is 407 g/mol. The molecule has 8 nitrogen and oxygen atoms in total. The third-order valence-corrected chi connectivity index (χ3v) is 4.01. The van der Waals surface area contributed by atoms with Crippen molar-refractivity contribution >= 4 is 28.5 Å². The molecule has 0 aliphatic carbocycles. The van der Waals surface area contributed by atoms with E-state index in [-0.39, 0.29) is 25.6 Å². The number of aliphatic hydroxyl groups excluding tert-OH is 1. The Morgan fingerprint density at radius 1 is 1.39 bits per heavy atom. The van der Waals surface area contributed by atoms with Gasteiger partial charge >= 0.3 is 5.97 Å². The number of carboxylic acids is 1. The zero-order chi connectivity index (χ0) is 20.5. The second-order valence-corrected chi connectivity index (χ2v) is 6.24. The van der Waals surface area contributed by atoms with E-state index in [0.717, 1.165) is 5.69 Å².